The summed E-state index contributed by atoms with van der Waals surface area (Å²) in [6, 6.07) is 9.44. The summed E-state index contributed by atoms with van der Waals surface area (Å²) in [7, 11) is 0. The zero-order chi connectivity index (χ0) is 18.0. The van der Waals surface area contributed by atoms with Gasteiger partial charge >= 0.3 is 5.97 Å². The summed E-state index contributed by atoms with van der Waals surface area (Å²) in [5, 5.41) is 0. The van der Waals surface area contributed by atoms with Crippen LogP contribution in [0, 0.1) is 5.92 Å². The van der Waals surface area contributed by atoms with E-state index in [1.807, 2.05) is 18.2 Å². The number of hydrogen-bond acceptors (Lipinski definition) is 4. The van der Waals surface area contributed by atoms with Crippen molar-refractivity contribution in [3.05, 3.63) is 56.8 Å². The Bertz CT molecular complexity index is 773. The highest BCUT2D eigenvalue weighted by Gasteiger charge is 2.24. The second-order valence-electron chi connectivity index (χ2n) is 6.87. The Balaban J connectivity index is 1.66. The molecule has 3 rings (SSSR count). The molecule has 0 saturated carbocycles. The molecule has 0 bridgehead atoms. The average Bonchev–Trinajstić information content (AvgIpc) is 3.04. The largest absolute Gasteiger partial charge is 0.450 e. The van der Waals surface area contributed by atoms with Gasteiger partial charge in [-0.1, -0.05) is 38.1 Å². The maximum Gasteiger partial charge on any atom is 0.349 e. The lowest BCUT2D eigenvalue weighted by molar-refractivity contribution is 0.0323. The van der Waals surface area contributed by atoms with Gasteiger partial charge in [0.05, 0.1) is 0 Å². The van der Waals surface area contributed by atoms with Crippen LogP contribution in [0.5, 0.6) is 0 Å². The predicted molar refractivity (Wildman–Crippen MR) is 101 cm³/mol. The van der Waals surface area contributed by atoms with E-state index in [0.29, 0.717) is 16.4 Å². The zero-order valence-electron chi connectivity index (χ0n) is 15.0. The van der Waals surface area contributed by atoms with Crippen molar-refractivity contribution in [1.82, 2.24) is 0 Å². The number of thiophene rings is 1. The minimum Gasteiger partial charge on any atom is -0.450 e. The van der Waals surface area contributed by atoms with Gasteiger partial charge < -0.3 is 4.74 Å². The van der Waals surface area contributed by atoms with Gasteiger partial charge in [-0.15, -0.1) is 11.3 Å². The van der Waals surface area contributed by atoms with E-state index in [-0.39, 0.29) is 5.78 Å². The number of Topliss-reactive ketones (excluding diaryl/α,β-unsaturated/α-hetero) is 1. The summed E-state index contributed by atoms with van der Waals surface area (Å²) < 4.78 is 5.44. The predicted octanol–water partition coefficient (Wildman–Crippen LogP) is 4.86. The first-order valence-corrected chi connectivity index (χ1v) is 9.75. The fourth-order valence-corrected chi connectivity index (χ4v) is 4.31. The van der Waals surface area contributed by atoms with E-state index in [1.54, 1.807) is 19.1 Å². The van der Waals surface area contributed by atoms with Crippen molar-refractivity contribution in [3.8, 4) is 0 Å². The summed E-state index contributed by atoms with van der Waals surface area (Å²) in [4.78, 5) is 26.8. The Labute approximate surface area is 153 Å². The summed E-state index contributed by atoms with van der Waals surface area (Å²) >= 11 is 1.51. The molecule has 0 unspecified atom stereocenters. The van der Waals surface area contributed by atoms with Crippen LogP contribution >= 0.6 is 11.3 Å². The van der Waals surface area contributed by atoms with Crippen molar-refractivity contribution in [2.24, 2.45) is 5.92 Å². The molecule has 0 aliphatic heterocycles. The zero-order valence-corrected chi connectivity index (χ0v) is 15.8. The Morgan fingerprint density at radius 1 is 1.28 bits per heavy atom. The monoisotopic (exact) mass is 356 g/mol. The van der Waals surface area contributed by atoms with Gasteiger partial charge in [-0.3, -0.25) is 4.79 Å². The minimum absolute atomic E-state index is 0.161. The molecule has 3 nitrogen and oxygen atoms in total. The molecule has 1 aromatic heterocycles. The molecule has 2 atom stereocenters. The van der Waals surface area contributed by atoms with Crippen LogP contribution in [-0.4, -0.2) is 17.9 Å². The van der Waals surface area contributed by atoms with Crippen molar-refractivity contribution in [3.63, 3.8) is 0 Å². The normalized spacial score (nSPS) is 17.6. The molecule has 0 saturated heterocycles. The summed E-state index contributed by atoms with van der Waals surface area (Å²) in [6.45, 7) is 5.95. The first kappa shape index (κ1) is 17.9. The third-order valence-electron chi connectivity index (χ3n) is 4.83. The van der Waals surface area contributed by atoms with Crippen molar-refractivity contribution in [2.75, 3.05) is 0 Å². The second kappa shape index (κ2) is 7.52. The fourth-order valence-electron chi connectivity index (χ4n) is 3.22. The molecule has 1 aliphatic carbocycles. The van der Waals surface area contributed by atoms with Crippen LogP contribution in [-0.2, 0) is 24.0 Å². The van der Waals surface area contributed by atoms with Crippen LogP contribution in [0.25, 0.3) is 0 Å². The quantitative estimate of drug-likeness (QED) is 0.567. The lowest BCUT2D eigenvalue weighted by Gasteiger charge is -2.16. The van der Waals surface area contributed by atoms with Crippen molar-refractivity contribution in [1.29, 1.82) is 0 Å². The highest BCUT2D eigenvalue weighted by Crippen LogP contribution is 2.32. The summed E-state index contributed by atoms with van der Waals surface area (Å²) in [5.41, 5.74) is 3.03. The number of esters is 1. The lowest BCUT2D eigenvalue weighted by Crippen LogP contribution is -2.24. The number of aryl methyl sites for hydroxylation is 2. The van der Waals surface area contributed by atoms with E-state index in [0.717, 1.165) is 19.3 Å². The highest BCUT2D eigenvalue weighted by molar-refractivity contribution is 7.14. The molecular formula is C21H24O3S. The first-order chi connectivity index (χ1) is 12.0. The van der Waals surface area contributed by atoms with Gasteiger partial charge in [0.15, 0.2) is 6.10 Å². The van der Waals surface area contributed by atoms with Gasteiger partial charge in [-0.05, 0) is 55.7 Å². The van der Waals surface area contributed by atoms with E-state index >= 15 is 0 Å². The average molecular weight is 356 g/mol. The van der Waals surface area contributed by atoms with Crippen LogP contribution in [0.1, 0.15) is 63.2 Å². The van der Waals surface area contributed by atoms with E-state index in [1.165, 1.54) is 33.8 Å². The molecule has 25 heavy (non-hydrogen) atoms. The van der Waals surface area contributed by atoms with Crippen LogP contribution in [0.15, 0.2) is 30.3 Å². The standard InChI is InChI=1S/C21H24O3S/c1-4-15-6-8-16(9-7-15)20(22)14(3)24-21(23)19-12-17-11-13(2)5-10-18(17)25-19/h6-9,12-14H,4-5,10-11H2,1-3H3/t13-,14-/m1/s1. The van der Waals surface area contributed by atoms with Gasteiger partial charge in [0, 0.05) is 10.4 Å². The lowest BCUT2D eigenvalue weighted by atomic mass is 9.90. The number of ketones is 1. The van der Waals surface area contributed by atoms with E-state index in [9.17, 15) is 9.59 Å². The fraction of sp³-hybridized carbons (Fsp3) is 0.429. The number of carbonyl (C=O) groups excluding carboxylic acids is 2. The van der Waals surface area contributed by atoms with Gasteiger partial charge in [-0.25, -0.2) is 4.79 Å². The van der Waals surface area contributed by atoms with Gasteiger partial charge in [0.2, 0.25) is 5.78 Å². The van der Waals surface area contributed by atoms with Gasteiger partial charge in [-0.2, -0.15) is 0 Å². The summed E-state index contributed by atoms with van der Waals surface area (Å²) in [5.74, 6) is 0.113. The van der Waals surface area contributed by atoms with E-state index in [2.05, 4.69) is 13.8 Å². The SMILES string of the molecule is CCc1ccc(C(=O)[C@@H](C)OC(=O)c2cc3c(s2)CC[C@@H](C)C3)cc1. The third kappa shape index (κ3) is 4.01. The number of rotatable bonds is 5. The van der Waals surface area contributed by atoms with Crippen LogP contribution in [0.3, 0.4) is 0 Å². The molecule has 1 aromatic carbocycles. The van der Waals surface area contributed by atoms with Crippen LogP contribution < -0.4 is 0 Å². The van der Waals surface area contributed by atoms with Crippen LogP contribution in [0.2, 0.25) is 0 Å². The Kier molecular flexibility index (Phi) is 5.38. The van der Waals surface area contributed by atoms with Gasteiger partial charge in [0.25, 0.3) is 0 Å². The topological polar surface area (TPSA) is 43.4 Å². The molecule has 0 fully saturated rings. The molecule has 4 heteroatoms. The summed E-state index contributed by atoms with van der Waals surface area (Å²) in [6.07, 6.45) is 3.38. The first-order valence-electron chi connectivity index (χ1n) is 8.93. The number of fused-ring (bicyclic) bond motifs is 1. The van der Waals surface area contributed by atoms with Gasteiger partial charge in [0.1, 0.15) is 4.88 Å². The number of ether oxygens (including phenoxy) is 1. The molecule has 0 amide bonds. The molecule has 0 radical (unpaired) electrons. The Morgan fingerprint density at radius 2 is 2.00 bits per heavy atom. The van der Waals surface area contributed by atoms with Crippen molar-refractivity contribution < 1.29 is 14.3 Å². The maximum atomic E-state index is 12.5. The van der Waals surface area contributed by atoms with Crippen LogP contribution in [0.4, 0.5) is 0 Å². The molecule has 132 valence electrons. The van der Waals surface area contributed by atoms with E-state index in [4.69, 9.17) is 4.74 Å². The Hall–Kier alpha value is -1.94. The number of benzene rings is 1. The molecular weight excluding hydrogens is 332 g/mol. The maximum absolute atomic E-state index is 12.5. The number of carbonyl (C=O) groups is 2. The molecule has 1 heterocycles. The molecule has 2 aromatic rings. The molecule has 1 aliphatic rings. The smallest absolute Gasteiger partial charge is 0.349 e. The number of hydrogen-bond donors (Lipinski definition) is 0. The molecule has 0 N–H and O–H groups in total. The minimum atomic E-state index is -0.780. The third-order valence-corrected chi connectivity index (χ3v) is 6.05. The highest BCUT2D eigenvalue weighted by atomic mass is 32.1. The Morgan fingerprint density at radius 3 is 2.68 bits per heavy atom. The molecule has 0 spiro atoms. The second-order valence-corrected chi connectivity index (χ2v) is 8.01. The van der Waals surface area contributed by atoms with Crippen molar-refractivity contribution >= 4 is 23.1 Å². The van der Waals surface area contributed by atoms with E-state index < -0.39 is 12.1 Å². The van der Waals surface area contributed by atoms with Crippen molar-refractivity contribution in [2.45, 2.75) is 52.6 Å².